The molecule has 78 valence electrons. The van der Waals surface area contributed by atoms with Crippen molar-refractivity contribution in [3.8, 4) is 0 Å². The molecule has 1 amide bonds. The van der Waals surface area contributed by atoms with E-state index in [2.05, 4.69) is 4.98 Å². The molecule has 4 nitrogen and oxygen atoms in total. The van der Waals surface area contributed by atoms with E-state index >= 15 is 0 Å². The third-order valence-electron chi connectivity index (χ3n) is 2.21. The maximum Gasteiger partial charge on any atom is 0.247 e. The van der Waals surface area contributed by atoms with Gasteiger partial charge in [0.15, 0.2) is 0 Å². The van der Waals surface area contributed by atoms with Gasteiger partial charge in [0.2, 0.25) is 5.91 Å². The molecule has 1 heterocycles. The minimum absolute atomic E-state index is 0.0138. The second kappa shape index (κ2) is 3.70. The van der Waals surface area contributed by atoms with E-state index in [9.17, 15) is 9.18 Å². The van der Waals surface area contributed by atoms with E-state index in [-0.39, 0.29) is 12.2 Å². The standard InChI is InChI=1S/C10H9FN2O2/c11-7-1-2-9-8(4-7)6(5-12-9)3-10(14)13-15/h1-2,4-5,12,15H,3H2,(H,13,14). The Kier molecular flexibility index (Phi) is 2.39. The Morgan fingerprint density at radius 3 is 3.07 bits per heavy atom. The summed E-state index contributed by atoms with van der Waals surface area (Å²) in [6.07, 6.45) is 1.64. The number of carbonyl (C=O) groups excluding carboxylic acids is 1. The number of hydrogen-bond acceptors (Lipinski definition) is 2. The molecule has 2 rings (SSSR count). The molecule has 0 radical (unpaired) electrons. The first-order valence-corrected chi connectivity index (χ1v) is 4.39. The van der Waals surface area contributed by atoms with Crippen LogP contribution in [0, 0.1) is 5.82 Å². The predicted octanol–water partition coefficient (Wildman–Crippen LogP) is 1.35. The van der Waals surface area contributed by atoms with E-state index in [1.165, 1.54) is 17.6 Å². The van der Waals surface area contributed by atoms with E-state index < -0.39 is 5.91 Å². The quantitative estimate of drug-likeness (QED) is 0.515. The van der Waals surface area contributed by atoms with Gasteiger partial charge in [-0.3, -0.25) is 10.0 Å². The Labute approximate surface area is 84.7 Å². The van der Waals surface area contributed by atoms with Crippen molar-refractivity contribution in [2.75, 3.05) is 0 Å². The number of fused-ring (bicyclic) bond motifs is 1. The third kappa shape index (κ3) is 1.82. The van der Waals surface area contributed by atoms with Crippen LogP contribution in [0.4, 0.5) is 4.39 Å². The SMILES string of the molecule is O=C(Cc1c[nH]c2ccc(F)cc12)NO. The van der Waals surface area contributed by atoms with Crippen LogP contribution < -0.4 is 5.48 Å². The van der Waals surface area contributed by atoms with Gasteiger partial charge in [0.05, 0.1) is 6.42 Å². The van der Waals surface area contributed by atoms with Crippen molar-refractivity contribution in [3.63, 3.8) is 0 Å². The number of aromatic amines is 1. The van der Waals surface area contributed by atoms with Gasteiger partial charge in [-0.05, 0) is 23.8 Å². The van der Waals surface area contributed by atoms with Crippen molar-refractivity contribution in [1.29, 1.82) is 0 Å². The highest BCUT2D eigenvalue weighted by atomic mass is 19.1. The normalized spacial score (nSPS) is 10.5. The molecule has 1 aromatic heterocycles. The molecular formula is C10H9FN2O2. The van der Waals surface area contributed by atoms with Gasteiger partial charge in [-0.15, -0.1) is 0 Å². The van der Waals surface area contributed by atoms with Crippen molar-refractivity contribution in [1.82, 2.24) is 10.5 Å². The third-order valence-corrected chi connectivity index (χ3v) is 2.21. The molecule has 1 aromatic carbocycles. The van der Waals surface area contributed by atoms with Crippen molar-refractivity contribution < 1.29 is 14.4 Å². The average molecular weight is 208 g/mol. The lowest BCUT2D eigenvalue weighted by molar-refractivity contribution is -0.128. The van der Waals surface area contributed by atoms with Gasteiger partial charge in [0.25, 0.3) is 0 Å². The van der Waals surface area contributed by atoms with E-state index in [4.69, 9.17) is 5.21 Å². The molecule has 15 heavy (non-hydrogen) atoms. The largest absolute Gasteiger partial charge is 0.361 e. The fourth-order valence-electron chi connectivity index (χ4n) is 1.51. The van der Waals surface area contributed by atoms with E-state index in [0.29, 0.717) is 10.9 Å². The molecule has 0 aliphatic carbocycles. The summed E-state index contributed by atoms with van der Waals surface area (Å²) in [6.45, 7) is 0. The lowest BCUT2D eigenvalue weighted by Gasteiger charge is -1.97. The topological polar surface area (TPSA) is 65.1 Å². The fourth-order valence-corrected chi connectivity index (χ4v) is 1.51. The summed E-state index contributed by atoms with van der Waals surface area (Å²) < 4.78 is 12.9. The van der Waals surface area contributed by atoms with Gasteiger partial charge in [-0.2, -0.15) is 0 Å². The number of halogens is 1. The maximum absolute atomic E-state index is 12.9. The Morgan fingerprint density at radius 1 is 1.53 bits per heavy atom. The Balaban J connectivity index is 2.43. The molecular weight excluding hydrogens is 199 g/mol. The average Bonchev–Trinajstić information content (AvgIpc) is 2.61. The van der Waals surface area contributed by atoms with Crippen molar-refractivity contribution >= 4 is 16.8 Å². The van der Waals surface area contributed by atoms with E-state index in [1.807, 2.05) is 0 Å². The fraction of sp³-hybridized carbons (Fsp3) is 0.100. The number of aromatic nitrogens is 1. The highest BCUT2D eigenvalue weighted by molar-refractivity contribution is 5.88. The molecule has 0 bridgehead atoms. The molecule has 3 N–H and O–H groups in total. The summed E-state index contributed by atoms with van der Waals surface area (Å²) in [5.74, 6) is -0.882. The number of benzene rings is 1. The van der Waals surface area contributed by atoms with Gasteiger partial charge in [0.1, 0.15) is 5.82 Å². The maximum atomic E-state index is 12.9. The second-order valence-corrected chi connectivity index (χ2v) is 3.22. The van der Waals surface area contributed by atoms with Gasteiger partial charge in [-0.1, -0.05) is 0 Å². The highest BCUT2D eigenvalue weighted by Gasteiger charge is 2.08. The number of hydroxylamine groups is 1. The number of amides is 1. The summed E-state index contributed by atoms with van der Waals surface area (Å²) in [5.41, 5.74) is 2.95. The predicted molar refractivity (Wildman–Crippen MR) is 51.9 cm³/mol. The number of carbonyl (C=O) groups is 1. The minimum Gasteiger partial charge on any atom is -0.361 e. The molecule has 0 aliphatic rings. The van der Waals surface area contributed by atoms with Crippen molar-refractivity contribution in [2.24, 2.45) is 0 Å². The second-order valence-electron chi connectivity index (χ2n) is 3.22. The van der Waals surface area contributed by atoms with Crippen molar-refractivity contribution in [3.05, 3.63) is 35.8 Å². The number of nitrogens with one attached hydrogen (secondary N) is 2. The molecule has 0 unspecified atom stereocenters. The Hall–Kier alpha value is -1.88. The van der Waals surface area contributed by atoms with Gasteiger partial charge in [0, 0.05) is 17.1 Å². The molecule has 0 spiro atoms. The van der Waals surface area contributed by atoms with Gasteiger partial charge < -0.3 is 4.98 Å². The summed E-state index contributed by atoms with van der Waals surface area (Å²) in [6, 6.07) is 4.30. The van der Waals surface area contributed by atoms with Crippen LogP contribution in [0.2, 0.25) is 0 Å². The molecule has 0 atom stereocenters. The first-order chi connectivity index (χ1) is 7.20. The Morgan fingerprint density at radius 2 is 2.33 bits per heavy atom. The summed E-state index contributed by atoms with van der Waals surface area (Å²) in [7, 11) is 0. The first-order valence-electron chi connectivity index (χ1n) is 4.39. The zero-order valence-electron chi connectivity index (χ0n) is 7.75. The summed E-state index contributed by atoms with van der Waals surface area (Å²) in [5, 5.41) is 9.03. The first kappa shape index (κ1) is 9.67. The van der Waals surface area contributed by atoms with Crippen molar-refractivity contribution in [2.45, 2.75) is 6.42 Å². The smallest absolute Gasteiger partial charge is 0.247 e. The van der Waals surface area contributed by atoms with E-state index in [0.717, 1.165) is 5.52 Å². The van der Waals surface area contributed by atoms with Crippen LogP contribution in [0.3, 0.4) is 0 Å². The number of rotatable bonds is 2. The van der Waals surface area contributed by atoms with Crippen LogP contribution in [-0.2, 0) is 11.2 Å². The van der Waals surface area contributed by atoms with Crippen LogP contribution in [0.15, 0.2) is 24.4 Å². The zero-order chi connectivity index (χ0) is 10.8. The summed E-state index contributed by atoms with van der Waals surface area (Å²) in [4.78, 5) is 13.9. The Bertz CT molecular complexity index is 507. The highest BCUT2D eigenvalue weighted by Crippen LogP contribution is 2.19. The molecule has 2 aromatic rings. The van der Waals surface area contributed by atoms with Gasteiger partial charge >= 0.3 is 0 Å². The van der Waals surface area contributed by atoms with Gasteiger partial charge in [-0.25, -0.2) is 9.87 Å². The zero-order valence-corrected chi connectivity index (χ0v) is 7.75. The lowest BCUT2D eigenvalue weighted by Crippen LogP contribution is -2.20. The number of hydrogen-bond donors (Lipinski definition) is 3. The molecule has 5 heteroatoms. The molecule has 0 fully saturated rings. The minimum atomic E-state index is -0.528. The van der Waals surface area contributed by atoms with Crippen LogP contribution >= 0.6 is 0 Å². The molecule has 0 aliphatic heterocycles. The summed E-state index contributed by atoms with van der Waals surface area (Å²) >= 11 is 0. The molecule has 0 saturated carbocycles. The monoisotopic (exact) mass is 208 g/mol. The lowest BCUT2D eigenvalue weighted by atomic mass is 10.1. The van der Waals surface area contributed by atoms with Crippen LogP contribution in [0.25, 0.3) is 10.9 Å². The molecule has 0 saturated heterocycles. The van der Waals surface area contributed by atoms with Crippen LogP contribution in [-0.4, -0.2) is 16.1 Å². The number of H-pyrrole nitrogens is 1. The van der Waals surface area contributed by atoms with Crippen LogP contribution in [0.1, 0.15) is 5.56 Å². The van der Waals surface area contributed by atoms with E-state index in [1.54, 1.807) is 12.3 Å². The van der Waals surface area contributed by atoms with Crippen LogP contribution in [0.5, 0.6) is 0 Å².